The van der Waals surface area contributed by atoms with Crippen molar-refractivity contribution in [1.82, 2.24) is 14.9 Å². The van der Waals surface area contributed by atoms with Crippen LogP contribution in [0, 0.1) is 6.92 Å². The van der Waals surface area contributed by atoms with Crippen LogP contribution in [0.15, 0.2) is 30.3 Å². The third-order valence-electron chi connectivity index (χ3n) is 5.36. The van der Waals surface area contributed by atoms with E-state index in [1.165, 1.54) is 31.2 Å². The van der Waals surface area contributed by atoms with E-state index in [4.69, 9.17) is 9.97 Å². The zero-order valence-corrected chi connectivity index (χ0v) is 18.8. The lowest BCUT2D eigenvalue weighted by Crippen LogP contribution is -2.25. The predicted molar refractivity (Wildman–Crippen MR) is 125 cm³/mol. The van der Waals surface area contributed by atoms with Crippen molar-refractivity contribution in [2.75, 3.05) is 36.8 Å². The summed E-state index contributed by atoms with van der Waals surface area (Å²) in [6.45, 7) is 13.1. The molecule has 0 aliphatic rings. The Kier molecular flexibility index (Phi) is 10.5. The third-order valence-corrected chi connectivity index (χ3v) is 5.36. The van der Waals surface area contributed by atoms with Gasteiger partial charge in [0.1, 0.15) is 5.82 Å². The summed E-state index contributed by atoms with van der Waals surface area (Å²) in [5.74, 6) is 1.66. The van der Waals surface area contributed by atoms with Gasteiger partial charge in [-0.1, -0.05) is 58.2 Å². The lowest BCUT2D eigenvalue weighted by atomic mass is 10.1. The van der Waals surface area contributed by atoms with Gasteiger partial charge in [-0.25, -0.2) is 4.98 Å². The van der Waals surface area contributed by atoms with Crippen LogP contribution in [0.2, 0.25) is 0 Å². The maximum Gasteiger partial charge on any atom is 0.229 e. The Morgan fingerprint density at radius 2 is 1.66 bits per heavy atom. The molecule has 5 heteroatoms. The second-order valence-electron chi connectivity index (χ2n) is 7.57. The number of aryl methyl sites for hydroxylation is 1. The van der Waals surface area contributed by atoms with E-state index in [1.54, 1.807) is 0 Å². The Morgan fingerprint density at radius 1 is 0.897 bits per heavy atom. The minimum Gasteiger partial charge on any atom is -0.370 e. The Labute approximate surface area is 177 Å². The second kappa shape index (κ2) is 13.2. The van der Waals surface area contributed by atoms with E-state index in [0.29, 0.717) is 5.95 Å². The smallest absolute Gasteiger partial charge is 0.229 e. The second-order valence-corrected chi connectivity index (χ2v) is 7.57. The van der Waals surface area contributed by atoms with Gasteiger partial charge in [-0.3, -0.25) is 0 Å². The summed E-state index contributed by atoms with van der Waals surface area (Å²) in [4.78, 5) is 12.0. The molecule has 1 aromatic heterocycles. The van der Waals surface area contributed by atoms with Gasteiger partial charge in [0.15, 0.2) is 0 Å². The topological polar surface area (TPSA) is 53.1 Å². The molecule has 0 spiro atoms. The van der Waals surface area contributed by atoms with Gasteiger partial charge in [-0.2, -0.15) is 4.98 Å². The van der Waals surface area contributed by atoms with Crippen molar-refractivity contribution in [2.45, 2.75) is 66.2 Å². The highest BCUT2D eigenvalue weighted by Crippen LogP contribution is 2.23. The van der Waals surface area contributed by atoms with Crippen molar-refractivity contribution >= 4 is 17.5 Å². The zero-order chi connectivity index (χ0) is 20.9. The van der Waals surface area contributed by atoms with E-state index in [2.05, 4.69) is 43.2 Å². The van der Waals surface area contributed by atoms with Crippen LogP contribution in [0.1, 0.15) is 64.1 Å². The van der Waals surface area contributed by atoms with Crippen LogP contribution in [-0.2, 0) is 6.42 Å². The number of nitrogens with one attached hydrogen (secondary N) is 2. The zero-order valence-electron chi connectivity index (χ0n) is 18.8. The Balaban J connectivity index is 2.09. The van der Waals surface area contributed by atoms with Crippen LogP contribution < -0.4 is 10.6 Å². The van der Waals surface area contributed by atoms with Gasteiger partial charge in [-0.15, -0.1) is 0 Å². The first kappa shape index (κ1) is 23.1. The molecular formula is C24H39N5. The number of hydrogen-bond acceptors (Lipinski definition) is 5. The first-order valence-corrected chi connectivity index (χ1v) is 11.3. The first-order valence-electron chi connectivity index (χ1n) is 11.3. The van der Waals surface area contributed by atoms with E-state index >= 15 is 0 Å². The molecule has 2 aromatic rings. The maximum absolute atomic E-state index is 4.84. The predicted octanol–water partition coefficient (Wildman–Crippen LogP) is 5.80. The SMILES string of the molecule is CCCCCCc1c(C)nc(Nc2ccccc2)nc1NCCCN(CC)CC. The van der Waals surface area contributed by atoms with Crippen molar-refractivity contribution < 1.29 is 0 Å². The minimum atomic E-state index is 0.664. The fourth-order valence-corrected chi connectivity index (χ4v) is 3.53. The Hall–Kier alpha value is -2.14. The summed E-state index contributed by atoms with van der Waals surface area (Å²) < 4.78 is 0. The fourth-order valence-electron chi connectivity index (χ4n) is 3.53. The Morgan fingerprint density at radius 3 is 2.34 bits per heavy atom. The molecule has 0 unspecified atom stereocenters. The largest absolute Gasteiger partial charge is 0.370 e. The average Bonchev–Trinajstić information content (AvgIpc) is 2.73. The summed E-state index contributed by atoms with van der Waals surface area (Å²) >= 11 is 0. The quantitative estimate of drug-likeness (QED) is 0.395. The van der Waals surface area contributed by atoms with Crippen molar-refractivity contribution in [3.63, 3.8) is 0 Å². The van der Waals surface area contributed by atoms with E-state index in [1.807, 2.05) is 30.3 Å². The normalized spacial score (nSPS) is 11.1. The fraction of sp³-hybridized carbons (Fsp3) is 0.583. The molecule has 5 nitrogen and oxygen atoms in total. The summed E-state index contributed by atoms with van der Waals surface area (Å²) in [7, 11) is 0. The molecular weight excluding hydrogens is 358 g/mol. The van der Waals surface area contributed by atoms with E-state index in [9.17, 15) is 0 Å². The molecule has 0 aliphatic carbocycles. The van der Waals surface area contributed by atoms with Gasteiger partial charge in [0.05, 0.1) is 0 Å². The van der Waals surface area contributed by atoms with Crippen molar-refractivity contribution in [3.8, 4) is 0 Å². The van der Waals surface area contributed by atoms with E-state index < -0.39 is 0 Å². The maximum atomic E-state index is 4.84. The molecule has 0 saturated carbocycles. The molecule has 0 saturated heterocycles. The van der Waals surface area contributed by atoms with Crippen molar-refractivity contribution in [3.05, 3.63) is 41.6 Å². The molecule has 0 fully saturated rings. The Bertz CT molecular complexity index is 698. The summed E-state index contributed by atoms with van der Waals surface area (Å²) in [6.07, 6.45) is 7.16. The van der Waals surface area contributed by atoms with Gasteiger partial charge >= 0.3 is 0 Å². The monoisotopic (exact) mass is 397 g/mol. The first-order chi connectivity index (χ1) is 14.2. The van der Waals surface area contributed by atoms with Gasteiger partial charge in [0, 0.05) is 23.5 Å². The number of nitrogens with zero attached hydrogens (tertiary/aromatic N) is 3. The van der Waals surface area contributed by atoms with Crippen LogP contribution in [0.25, 0.3) is 0 Å². The van der Waals surface area contributed by atoms with Crippen LogP contribution >= 0.6 is 0 Å². The van der Waals surface area contributed by atoms with Gasteiger partial charge < -0.3 is 15.5 Å². The number of rotatable bonds is 14. The molecule has 0 amide bonds. The lowest BCUT2D eigenvalue weighted by Gasteiger charge is -2.19. The lowest BCUT2D eigenvalue weighted by molar-refractivity contribution is 0.303. The summed E-state index contributed by atoms with van der Waals surface area (Å²) in [6, 6.07) is 10.1. The number of unbranched alkanes of at least 4 members (excludes halogenated alkanes) is 3. The van der Waals surface area contributed by atoms with Gasteiger partial charge in [0.2, 0.25) is 5.95 Å². The van der Waals surface area contributed by atoms with Crippen LogP contribution in [0.5, 0.6) is 0 Å². The molecule has 160 valence electrons. The highest BCUT2D eigenvalue weighted by molar-refractivity contribution is 5.57. The molecule has 1 aromatic carbocycles. The average molecular weight is 398 g/mol. The van der Waals surface area contributed by atoms with E-state index in [-0.39, 0.29) is 0 Å². The molecule has 0 atom stereocenters. The van der Waals surface area contributed by atoms with Crippen molar-refractivity contribution in [1.29, 1.82) is 0 Å². The summed E-state index contributed by atoms with van der Waals surface area (Å²) in [5, 5.41) is 6.95. The molecule has 0 radical (unpaired) electrons. The molecule has 0 aliphatic heterocycles. The highest BCUT2D eigenvalue weighted by atomic mass is 15.2. The number of hydrogen-bond donors (Lipinski definition) is 2. The number of aromatic nitrogens is 2. The van der Waals surface area contributed by atoms with Gasteiger partial charge in [-0.05, 0) is 58.0 Å². The third kappa shape index (κ3) is 8.01. The molecule has 1 heterocycles. The number of para-hydroxylation sites is 1. The minimum absolute atomic E-state index is 0.664. The molecule has 0 bridgehead atoms. The van der Waals surface area contributed by atoms with Gasteiger partial charge in [0.25, 0.3) is 0 Å². The van der Waals surface area contributed by atoms with E-state index in [0.717, 1.165) is 56.2 Å². The number of benzene rings is 1. The molecule has 2 rings (SSSR count). The highest BCUT2D eigenvalue weighted by Gasteiger charge is 2.12. The molecule has 29 heavy (non-hydrogen) atoms. The standard InChI is InChI=1S/C24H39N5/c1-5-8-9-13-17-22-20(4)26-24(27-21-15-11-10-12-16-21)28-23(22)25-18-14-19-29(6-2)7-3/h10-12,15-16H,5-9,13-14,17-19H2,1-4H3,(H2,25,26,27,28). The molecule has 2 N–H and O–H groups in total. The van der Waals surface area contributed by atoms with Crippen molar-refractivity contribution in [2.24, 2.45) is 0 Å². The van der Waals surface area contributed by atoms with Crippen LogP contribution in [0.3, 0.4) is 0 Å². The number of anilines is 3. The van der Waals surface area contributed by atoms with Crippen LogP contribution in [-0.4, -0.2) is 41.0 Å². The summed E-state index contributed by atoms with van der Waals surface area (Å²) in [5.41, 5.74) is 3.35. The van der Waals surface area contributed by atoms with Crippen LogP contribution in [0.4, 0.5) is 17.5 Å².